The zero-order chi connectivity index (χ0) is 18.6. The monoisotopic (exact) mass is 393 g/mol. The Morgan fingerprint density at radius 3 is 2.42 bits per heavy atom. The fraction of sp³-hybridized carbons (Fsp3) is 0.444. The van der Waals surface area contributed by atoms with Crippen molar-refractivity contribution in [2.24, 2.45) is 0 Å². The van der Waals surface area contributed by atoms with Gasteiger partial charge in [-0.25, -0.2) is 13.4 Å². The average molecular weight is 394 g/mol. The van der Waals surface area contributed by atoms with Crippen LogP contribution in [0, 0.1) is 6.92 Å². The van der Waals surface area contributed by atoms with Gasteiger partial charge in [0.1, 0.15) is 5.69 Å². The highest BCUT2D eigenvalue weighted by Crippen LogP contribution is 2.22. The van der Waals surface area contributed by atoms with E-state index in [2.05, 4.69) is 15.0 Å². The molecule has 0 saturated heterocycles. The van der Waals surface area contributed by atoms with Crippen molar-refractivity contribution in [1.29, 1.82) is 0 Å². The lowest BCUT2D eigenvalue weighted by Gasteiger charge is -2.15. The number of anilines is 1. The molecule has 3 rings (SSSR count). The second-order valence-corrected chi connectivity index (χ2v) is 9.16. The molecule has 1 aliphatic rings. The van der Waals surface area contributed by atoms with Crippen LogP contribution in [0.4, 0.5) is 5.13 Å². The molecular weight excluding hydrogens is 370 g/mol. The van der Waals surface area contributed by atoms with E-state index in [9.17, 15) is 13.2 Å². The van der Waals surface area contributed by atoms with Crippen molar-refractivity contribution in [3.63, 3.8) is 0 Å². The summed E-state index contributed by atoms with van der Waals surface area (Å²) in [5, 5.41) is 4.79. The van der Waals surface area contributed by atoms with Gasteiger partial charge in [0.15, 0.2) is 5.13 Å². The molecule has 0 aliphatic heterocycles. The van der Waals surface area contributed by atoms with Gasteiger partial charge < -0.3 is 5.32 Å². The molecule has 2 aromatic rings. The first-order valence-corrected chi connectivity index (χ1v) is 11.2. The summed E-state index contributed by atoms with van der Waals surface area (Å²) in [5.41, 5.74) is 1.23. The number of hydrogen-bond donors (Lipinski definition) is 2. The van der Waals surface area contributed by atoms with E-state index in [4.69, 9.17) is 0 Å². The minimum absolute atomic E-state index is 0.169. The Morgan fingerprint density at radius 2 is 1.77 bits per heavy atom. The van der Waals surface area contributed by atoms with E-state index in [1.165, 1.54) is 12.8 Å². The number of hydrogen-bond acceptors (Lipinski definition) is 5. The second-order valence-electron chi connectivity index (χ2n) is 6.62. The Hall–Kier alpha value is -1.93. The Kier molecular flexibility index (Phi) is 5.93. The number of carbonyl (C=O) groups is 1. The third-order valence-electron chi connectivity index (χ3n) is 4.48. The third-order valence-corrected chi connectivity index (χ3v) is 6.72. The summed E-state index contributed by atoms with van der Waals surface area (Å²) in [4.78, 5) is 16.7. The molecule has 0 spiro atoms. The molecule has 1 heterocycles. The van der Waals surface area contributed by atoms with Crippen LogP contribution >= 0.6 is 11.3 Å². The van der Waals surface area contributed by atoms with Crippen LogP contribution in [-0.2, 0) is 10.0 Å². The first-order chi connectivity index (χ1) is 12.4. The lowest BCUT2D eigenvalue weighted by atomic mass is 10.1. The molecule has 0 unspecified atom stereocenters. The maximum absolute atomic E-state index is 12.4. The Morgan fingerprint density at radius 1 is 1.12 bits per heavy atom. The normalized spacial score (nSPS) is 16.0. The number of thiazole rings is 1. The zero-order valence-corrected chi connectivity index (χ0v) is 16.3. The smallest absolute Gasteiger partial charge is 0.271 e. The van der Waals surface area contributed by atoms with E-state index in [-0.39, 0.29) is 27.7 Å². The number of nitrogens with zero attached hydrogens (tertiary/aromatic N) is 1. The number of sulfonamides is 1. The number of nitrogens with one attached hydrogen (secondary N) is 2. The van der Waals surface area contributed by atoms with Crippen LogP contribution in [0.3, 0.4) is 0 Å². The van der Waals surface area contributed by atoms with Gasteiger partial charge >= 0.3 is 0 Å². The molecule has 2 N–H and O–H groups in total. The molecule has 0 bridgehead atoms. The number of carbonyl (C=O) groups excluding carboxylic acids is 1. The predicted molar refractivity (Wildman–Crippen MR) is 103 cm³/mol. The van der Waals surface area contributed by atoms with Crippen LogP contribution in [-0.4, -0.2) is 25.4 Å². The van der Waals surface area contributed by atoms with E-state index in [1.807, 2.05) is 6.92 Å². The Bertz CT molecular complexity index is 852. The summed E-state index contributed by atoms with van der Waals surface area (Å²) in [6, 6.07) is 6.75. The fourth-order valence-corrected chi connectivity index (χ4v) is 4.94. The highest BCUT2D eigenvalue weighted by Gasteiger charge is 2.20. The summed E-state index contributed by atoms with van der Waals surface area (Å²) in [5.74, 6) is -0.242. The van der Waals surface area contributed by atoms with E-state index >= 15 is 0 Å². The maximum Gasteiger partial charge on any atom is 0.271 e. The lowest BCUT2D eigenvalue weighted by molar-refractivity contribution is 0.0929. The zero-order valence-electron chi connectivity index (χ0n) is 14.7. The van der Waals surface area contributed by atoms with E-state index in [0.717, 1.165) is 42.6 Å². The molecule has 140 valence electrons. The molecule has 8 heteroatoms. The third kappa shape index (κ3) is 4.82. The summed E-state index contributed by atoms with van der Waals surface area (Å²) >= 11 is 1.11. The maximum atomic E-state index is 12.4. The van der Waals surface area contributed by atoms with Gasteiger partial charge in [0, 0.05) is 11.4 Å². The van der Waals surface area contributed by atoms with Gasteiger partial charge in [-0.05, 0) is 31.9 Å². The van der Waals surface area contributed by atoms with Crippen molar-refractivity contribution < 1.29 is 13.2 Å². The van der Waals surface area contributed by atoms with Gasteiger partial charge in [0.25, 0.3) is 15.9 Å². The minimum atomic E-state index is -3.71. The fourth-order valence-electron chi connectivity index (χ4n) is 3.00. The van der Waals surface area contributed by atoms with Crippen molar-refractivity contribution in [2.45, 2.75) is 56.4 Å². The number of aryl methyl sites for hydroxylation is 1. The van der Waals surface area contributed by atoms with Crippen LogP contribution in [0.15, 0.2) is 34.5 Å². The second kappa shape index (κ2) is 8.18. The lowest BCUT2D eigenvalue weighted by Crippen LogP contribution is -2.34. The highest BCUT2D eigenvalue weighted by atomic mass is 32.2. The van der Waals surface area contributed by atoms with Crippen LogP contribution < -0.4 is 10.0 Å². The molecule has 1 saturated carbocycles. The standard InChI is InChI=1S/C18H23N3O3S2/c1-13-8-10-15(11-9-13)26(23,24)21-18-20-16(12-25-18)17(22)19-14-6-4-2-3-5-7-14/h8-12,14H,2-7H2,1H3,(H,19,22)(H,20,21). The molecule has 1 aromatic heterocycles. The minimum Gasteiger partial charge on any atom is -0.348 e. The van der Waals surface area contributed by atoms with Gasteiger partial charge in [-0.1, -0.05) is 43.4 Å². The molecular formula is C18H23N3O3S2. The van der Waals surface area contributed by atoms with Crippen molar-refractivity contribution in [2.75, 3.05) is 4.72 Å². The molecule has 1 amide bonds. The largest absolute Gasteiger partial charge is 0.348 e. The molecule has 0 atom stereocenters. The molecule has 1 fully saturated rings. The Labute approximate surface area is 158 Å². The molecule has 6 nitrogen and oxygen atoms in total. The van der Waals surface area contributed by atoms with Crippen LogP contribution in [0.2, 0.25) is 0 Å². The van der Waals surface area contributed by atoms with E-state index in [1.54, 1.807) is 29.6 Å². The van der Waals surface area contributed by atoms with Gasteiger partial charge in [-0.3, -0.25) is 9.52 Å². The highest BCUT2D eigenvalue weighted by molar-refractivity contribution is 7.93. The van der Waals surface area contributed by atoms with Crippen molar-refractivity contribution in [3.05, 3.63) is 40.9 Å². The number of amides is 1. The van der Waals surface area contributed by atoms with Crippen molar-refractivity contribution >= 4 is 32.4 Å². The molecule has 0 radical (unpaired) electrons. The van der Waals surface area contributed by atoms with Gasteiger partial charge in [0.2, 0.25) is 0 Å². The molecule has 1 aliphatic carbocycles. The number of rotatable bonds is 5. The molecule has 1 aromatic carbocycles. The van der Waals surface area contributed by atoms with E-state index in [0.29, 0.717) is 0 Å². The number of benzene rings is 1. The summed E-state index contributed by atoms with van der Waals surface area (Å²) in [6.07, 6.45) is 6.67. The van der Waals surface area contributed by atoms with Gasteiger partial charge in [-0.2, -0.15) is 0 Å². The van der Waals surface area contributed by atoms with Gasteiger partial charge in [-0.15, -0.1) is 11.3 Å². The molecule has 26 heavy (non-hydrogen) atoms. The van der Waals surface area contributed by atoms with E-state index < -0.39 is 10.0 Å². The summed E-state index contributed by atoms with van der Waals surface area (Å²) < 4.78 is 27.2. The Balaban J connectivity index is 1.65. The topological polar surface area (TPSA) is 88.2 Å². The van der Waals surface area contributed by atoms with Crippen LogP contribution in [0.1, 0.15) is 54.6 Å². The first-order valence-electron chi connectivity index (χ1n) is 8.80. The van der Waals surface area contributed by atoms with Crippen LogP contribution in [0.25, 0.3) is 0 Å². The summed E-state index contributed by atoms with van der Waals surface area (Å²) in [7, 11) is -3.71. The van der Waals surface area contributed by atoms with Gasteiger partial charge in [0.05, 0.1) is 4.90 Å². The average Bonchev–Trinajstić information content (AvgIpc) is 2.90. The quantitative estimate of drug-likeness (QED) is 0.758. The van der Waals surface area contributed by atoms with Crippen molar-refractivity contribution in [1.82, 2.24) is 10.3 Å². The SMILES string of the molecule is Cc1ccc(S(=O)(=O)Nc2nc(C(=O)NC3CCCCCC3)cs2)cc1. The van der Waals surface area contributed by atoms with Crippen LogP contribution in [0.5, 0.6) is 0 Å². The predicted octanol–water partition coefficient (Wildman–Crippen LogP) is 3.70. The summed E-state index contributed by atoms with van der Waals surface area (Å²) in [6.45, 7) is 1.89. The van der Waals surface area contributed by atoms with Crippen molar-refractivity contribution in [3.8, 4) is 0 Å². The first kappa shape index (κ1) is 18.8. The number of aromatic nitrogens is 1.